The van der Waals surface area contributed by atoms with E-state index in [1.54, 1.807) is 0 Å². The lowest BCUT2D eigenvalue weighted by molar-refractivity contribution is -0.137. The maximum absolute atomic E-state index is 11.1. The van der Waals surface area contributed by atoms with Crippen LogP contribution in [0.3, 0.4) is 0 Å². The first-order valence-corrected chi connectivity index (χ1v) is 11.0. The molecule has 2 N–H and O–H groups in total. The number of benzene rings is 3. The van der Waals surface area contributed by atoms with E-state index in [4.69, 9.17) is 14.6 Å². The Morgan fingerprint density at radius 1 is 1.03 bits per heavy atom. The molecule has 3 aromatic carbocycles. The van der Waals surface area contributed by atoms with Gasteiger partial charge in [-0.15, -0.1) is 0 Å². The molecule has 0 spiro atoms. The number of rotatable bonds is 7. The lowest BCUT2D eigenvalue weighted by atomic mass is 9.97. The third kappa shape index (κ3) is 3.73. The number of carboxylic acids is 1. The third-order valence-corrected chi connectivity index (χ3v) is 6.12. The second-order valence-corrected chi connectivity index (χ2v) is 8.14. The monoisotopic (exact) mass is 430 g/mol. The Labute approximate surface area is 187 Å². The molecule has 2 heterocycles. The van der Waals surface area contributed by atoms with Gasteiger partial charge in [-0.2, -0.15) is 0 Å². The predicted molar refractivity (Wildman–Crippen MR) is 124 cm³/mol. The molecule has 32 heavy (non-hydrogen) atoms. The molecule has 0 bridgehead atoms. The molecule has 5 rings (SSSR count). The number of hydrogen-bond donors (Lipinski definition) is 2. The fraction of sp³-hybridized carbons (Fsp3) is 0.269. The molecule has 0 saturated carbocycles. The van der Waals surface area contributed by atoms with Gasteiger partial charge >= 0.3 is 5.97 Å². The topological polar surface area (TPSA) is 71.0 Å². The van der Waals surface area contributed by atoms with Crippen LogP contribution in [0.1, 0.15) is 36.4 Å². The molecule has 6 nitrogen and oxygen atoms in total. The molecule has 0 amide bonds. The van der Waals surface area contributed by atoms with Gasteiger partial charge in [-0.3, -0.25) is 4.79 Å². The summed E-state index contributed by atoms with van der Waals surface area (Å²) < 4.78 is 11.9. The maximum atomic E-state index is 11.1. The van der Waals surface area contributed by atoms with E-state index >= 15 is 0 Å². The minimum Gasteiger partial charge on any atom is -0.493 e. The molecule has 6 heteroatoms. The molecule has 2 aliphatic heterocycles. The molecular formula is C26H26N2O4. The summed E-state index contributed by atoms with van der Waals surface area (Å²) in [5.41, 5.74) is 5.22. The number of aliphatic carboxylic acids is 1. The van der Waals surface area contributed by atoms with Crippen LogP contribution in [0, 0.1) is 0 Å². The Morgan fingerprint density at radius 3 is 2.66 bits per heavy atom. The lowest BCUT2D eigenvalue weighted by Gasteiger charge is -2.25. The molecule has 0 unspecified atom stereocenters. The standard InChI is InChI=1S/C26H26N2O4/c1-2-28(19-7-4-3-5-8-19)23-10-6-9-21-22(16-32-26(21)23)27-18-11-12-20-17(13-25(29)30)15-31-24(20)14-18/h3-12,14,17,22,27H,2,13,15-16H2,1H3,(H,29,30)/t17-,22-/m1/s1. The molecule has 2 aliphatic rings. The zero-order chi connectivity index (χ0) is 22.1. The molecule has 0 saturated heterocycles. The van der Waals surface area contributed by atoms with Crippen LogP contribution in [-0.4, -0.2) is 30.8 Å². The molecule has 0 fully saturated rings. The normalized spacial score (nSPS) is 18.3. The van der Waals surface area contributed by atoms with Gasteiger partial charge in [0.1, 0.15) is 18.1 Å². The average molecular weight is 431 g/mol. The highest BCUT2D eigenvalue weighted by molar-refractivity contribution is 5.73. The van der Waals surface area contributed by atoms with Gasteiger partial charge in [0, 0.05) is 41.0 Å². The summed E-state index contributed by atoms with van der Waals surface area (Å²) in [5.74, 6) is 0.776. The van der Waals surface area contributed by atoms with Gasteiger partial charge in [-0.1, -0.05) is 36.4 Å². The average Bonchev–Trinajstić information content (AvgIpc) is 3.39. The van der Waals surface area contributed by atoms with E-state index in [0.29, 0.717) is 13.2 Å². The van der Waals surface area contributed by atoms with Gasteiger partial charge in [-0.25, -0.2) is 0 Å². The summed E-state index contributed by atoms with van der Waals surface area (Å²) in [6.45, 7) is 3.93. The quantitative estimate of drug-likeness (QED) is 0.527. The van der Waals surface area contributed by atoms with Crippen LogP contribution < -0.4 is 19.7 Å². The highest BCUT2D eigenvalue weighted by Gasteiger charge is 2.30. The largest absolute Gasteiger partial charge is 0.493 e. The summed E-state index contributed by atoms with van der Waals surface area (Å²) >= 11 is 0. The smallest absolute Gasteiger partial charge is 0.304 e. The first-order valence-electron chi connectivity index (χ1n) is 11.0. The number of hydrogen-bond acceptors (Lipinski definition) is 5. The Bertz CT molecular complexity index is 1130. The highest BCUT2D eigenvalue weighted by atomic mass is 16.5. The van der Waals surface area contributed by atoms with Crippen molar-refractivity contribution < 1.29 is 19.4 Å². The molecule has 3 aromatic rings. The summed E-state index contributed by atoms with van der Waals surface area (Å²) in [7, 11) is 0. The number of ether oxygens (including phenoxy) is 2. The second-order valence-electron chi connectivity index (χ2n) is 8.14. The Hall–Kier alpha value is -3.67. The third-order valence-electron chi connectivity index (χ3n) is 6.12. The van der Waals surface area contributed by atoms with Crippen molar-refractivity contribution in [2.24, 2.45) is 0 Å². The van der Waals surface area contributed by atoms with Crippen molar-refractivity contribution in [3.8, 4) is 11.5 Å². The number of carbonyl (C=O) groups is 1. The summed E-state index contributed by atoms with van der Waals surface area (Å²) in [5, 5.41) is 12.7. The number of anilines is 3. The number of nitrogens with one attached hydrogen (secondary N) is 1. The van der Waals surface area contributed by atoms with Crippen molar-refractivity contribution in [2.45, 2.75) is 25.3 Å². The van der Waals surface area contributed by atoms with Gasteiger partial charge in [0.15, 0.2) is 0 Å². The summed E-state index contributed by atoms with van der Waals surface area (Å²) in [6, 6.07) is 22.6. The van der Waals surface area contributed by atoms with E-state index in [9.17, 15) is 4.79 Å². The lowest BCUT2D eigenvalue weighted by Crippen LogP contribution is -2.16. The van der Waals surface area contributed by atoms with Crippen LogP contribution in [0.25, 0.3) is 0 Å². The number of carboxylic acid groups (broad SMARTS) is 1. The minimum absolute atomic E-state index is 0.0219. The molecule has 0 aliphatic carbocycles. The minimum atomic E-state index is -0.805. The van der Waals surface area contributed by atoms with Crippen LogP contribution in [0.15, 0.2) is 66.7 Å². The van der Waals surface area contributed by atoms with Crippen molar-refractivity contribution >= 4 is 23.0 Å². The van der Waals surface area contributed by atoms with E-state index in [-0.39, 0.29) is 18.4 Å². The van der Waals surface area contributed by atoms with Gasteiger partial charge in [0.2, 0.25) is 0 Å². The van der Waals surface area contributed by atoms with E-state index in [1.807, 2.05) is 36.4 Å². The first kappa shape index (κ1) is 20.2. The molecule has 2 atom stereocenters. The van der Waals surface area contributed by atoms with E-state index in [0.717, 1.165) is 46.2 Å². The Kier molecular flexibility index (Phi) is 5.35. The van der Waals surface area contributed by atoms with Crippen LogP contribution in [-0.2, 0) is 4.79 Å². The van der Waals surface area contributed by atoms with Gasteiger partial charge in [0.05, 0.1) is 24.8 Å². The summed E-state index contributed by atoms with van der Waals surface area (Å²) in [6.07, 6.45) is 0.0851. The van der Waals surface area contributed by atoms with Crippen LogP contribution in [0.5, 0.6) is 11.5 Å². The van der Waals surface area contributed by atoms with Crippen LogP contribution >= 0.6 is 0 Å². The Balaban J connectivity index is 1.38. The number of nitrogens with zero attached hydrogens (tertiary/aromatic N) is 1. The fourth-order valence-corrected chi connectivity index (χ4v) is 4.61. The van der Waals surface area contributed by atoms with Crippen LogP contribution in [0.4, 0.5) is 17.1 Å². The molecule has 0 radical (unpaired) electrons. The van der Waals surface area contributed by atoms with E-state index < -0.39 is 5.97 Å². The van der Waals surface area contributed by atoms with Crippen molar-refractivity contribution in [3.63, 3.8) is 0 Å². The highest BCUT2D eigenvalue weighted by Crippen LogP contribution is 2.44. The second kappa shape index (κ2) is 8.46. The van der Waals surface area contributed by atoms with Gasteiger partial charge in [-0.05, 0) is 31.2 Å². The molecule has 0 aromatic heterocycles. The maximum Gasteiger partial charge on any atom is 0.304 e. The van der Waals surface area contributed by atoms with Crippen molar-refractivity contribution in [2.75, 3.05) is 30.0 Å². The first-order chi connectivity index (χ1) is 15.6. The van der Waals surface area contributed by atoms with Crippen molar-refractivity contribution in [3.05, 3.63) is 77.9 Å². The van der Waals surface area contributed by atoms with Gasteiger partial charge < -0.3 is 24.8 Å². The molecule has 164 valence electrons. The zero-order valence-corrected chi connectivity index (χ0v) is 18.0. The fourth-order valence-electron chi connectivity index (χ4n) is 4.61. The SMILES string of the molecule is CCN(c1ccccc1)c1cccc2c1OC[C@H]2Nc1ccc2c(c1)OC[C@H]2CC(=O)O. The number of para-hydroxylation sites is 2. The molecular weight excluding hydrogens is 404 g/mol. The summed E-state index contributed by atoms with van der Waals surface area (Å²) in [4.78, 5) is 13.3. The van der Waals surface area contributed by atoms with E-state index in [1.165, 1.54) is 0 Å². The van der Waals surface area contributed by atoms with E-state index in [2.05, 4.69) is 47.5 Å². The van der Waals surface area contributed by atoms with Gasteiger partial charge in [0.25, 0.3) is 0 Å². The Morgan fingerprint density at radius 2 is 1.88 bits per heavy atom. The van der Waals surface area contributed by atoms with Crippen LogP contribution in [0.2, 0.25) is 0 Å². The van der Waals surface area contributed by atoms with Crippen molar-refractivity contribution in [1.29, 1.82) is 0 Å². The zero-order valence-electron chi connectivity index (χ0n) is 18.0. The predicted octanol–water partition coefficient (Wildman–Crippen LogP) is 5.34. The number of fused-ring (bicyclic) bond motifs is 2. The van der Waals surface area contributed by atoms with Crippen molar-refractivity contribution in [1.82, 2.24) is 0 Å².